The van der Waals surface area contributed by atoms with Crippen LogP contribution in [0.2, 0.25) is 0 Å². The van der Waals surface area contributed by atoms with Crippen molar-refractivity contribution in [2.45, 2.75) is 25.8 Å². The van der Waals surface area contributed by atoms with Crippen LogP contribution in [-0.4, -0.2) is 41.3 Å². The van der Waals surface area contributed by atoms with Gasteiger partial charge in [0.2, 0.25) is 0 Å². The summed E-state index contributed by atoms with van der Waals surface area (Å²) in [4.78, 5) is 19.1. The normalized spacial score (nSPS) is 25.8. The Morgan fingerprint density at radius 3 is 2.90 bits per heavy atom. The fourth-order valence-corrected chi connectivity index (χ4v) is 2.96. The van der Waals surface area contributed by atoms with Gasteiger partial charge in [0.1, 0.15) is 0 Å². The van der Waals surface area contributed by atoms with E-state index in [0.717, 1.165) is 6.42 Å². The Hall–Kier alpha value is -2.30. The molecule has 1 aromatic rings. The van der Waals surface area contributed by atoms with E-state index in [4.69, 9.17) is 4.74 Å². The van der Waals surface area contributed by atoms with E-state index in [1.807, 2.05) is 18.7 Å². The van der Waals surface area contributed by atoms with Crippen molar-refractivity contribution >= 4 is 17.8 Å². The molecule has 0 aliphatic carbocycles. The maximum absolute atomic E-state index is 12.8. The number of amides is 1. The number of methoxy groups -OCH3 is 1. The molecule has 2 aliphatic rings. The minimum atomic E-state index is -0.416. The topological polar surface area (TPSA) is 62.1 Å². The van der Waals surface area contributed by atoms with Gasteiger partial charge in [-0.2, -0.15) is 0 Å². The highest BCUT2D eigenvalue weighted by Gasteiger charge is 2.43. The molecule has 0 saturated carbocycles. The van der Waals surface area contributed by atoms with Gasteiger partial charge in [-0.3, -0.25) is 9.79 Å². The minimum Gasteiger partial charge on any atom is -0.504 e. The van der Waals surface area contributed by atoms with E-state index in [2.05, 4.69) is 11.1 Å². The Morgan fingerprint density at radius 2 is 2.24 bits per heavy atom. The first-order valence-electron chi connectivity index (χ1n) is 6.91. The van der Waals surface area contributed by atoms with E-state index in [9.17, 15) is 9.90 Å². The Bertz CT molecular complexity index is 678. The number of carbonyl (C=O) groups is 1. The molecule has 1 fully saturated rings. The van der Waals surface area contributed by atoms with Gasteiger partial charge in [0, 0.05) is 18.8 Å². The van der Waals surface area contributed by atoms with Gasteiger partial charge in [0.25, 0.3) is 5.91 Å². The first-order chi connectivity index (χ1) is 9.98. The molecule has 1 amide bonds. The van der Waals surface area contributed by atoms with Crippen LogP contribution >= 0.6 is 0 Å². The van der Waals surface area contributed by atoms with Crippen LogP contribution in [0.25, 0.3) is 0 Å². The van der Waals surface area contributed by atoms with Crippen LogP contribution in [0.15, 0.2) is 28.8 Å². The molecule has 0 radical (unpaired) electrons. The lowest BCUT2D eigenvalue weighted by Gasteiger charge is -2.29. The summed E-state index contributed by atoms with van der Waals surface area (Å²) in [5, 5.41) is 9.86. The molecule has 5 heteroatoms. The van der Waals surface area contributed by atoms with Crippen molar-refractivity contribution in [2.24, 2.45) is 4.99 Å². The van der Waals surface area contributed by atoms with Gasteiger partial charge in [0.05, 0.1) is 23.9 Å². The first-order valence-corrected chi connectivity index (χ1v) is 6.91. The van der Waals surface area contributed by atoms with Gasteiger partial charge in [-0.25, -0.2) is 0 Å². The first kappa shape index (κ1) is 13.7. The van der Waals surface area contributed by atoms with Crippen LogP contribution in [0.3, 0.4) is 0 Å². The Labute approximate surface area is 123 Å². The number of aliphatic imine (C=N–C) groups is 1. The Kier molecular flexibility index (Phi) is 3.01. The van der Waals surface area contributed by atoms with Crippen molar-refractivity contribution in [2.75, 3.05) is 13.7 Å². The van der Waals surface area contributed by atoms with Crippen molar-refractivity contribution in [1.29, 1.82) is 0 Å². The zero-order chi connectivity index (χ0) is 15.2. The average Bonchev–Trinajstić information content (AvgIpc) is 2.78. The Balaban J connectivity index is 2.13. The Morgan fingerprint density at radius 1 is 1.48 bits per heavy atom. The number of phenols is 1. The standard InChI is InChI=1S/C16H18N2O3/c1-4-10-7-16(2)9-17-12-6-13(19)14(21-3)5-11(12)15(20)18(16)8-10/h4-6,9,19H,7-8H2,1-3H3/b10-4+/t16-/m0/s1. The van der Waals surface area contributed by atoms with Crippen molar-refractivity contribution in [3.8, 4) is 11.5 Å². The summed E-state index contributed by atoms with van der Waals surface area (Å²) < 4.78 is 5.09. The largest absolute Gasteiger partial charge is 0.504 e. The molecular formula is C16H18N2O3. The fourth-order valence-electron chi connectivity index (χ4n) is 2.96. The summed E-state index contributed by atoms with van der Waals surface area (Å²) in [7, 11) is 1.46. The summed E-state index contributed by atoms with van der Waals surface area (Å²) >= 11 is 0. The highest BCUT2D eigenvalue weighted by Crippen LogP contribution is 2.40. The lowest BCUT2D eigenvalue weighted by molar-refractivity contribution is 0.0714. The number of carbonyl (C=O) groups excluding carboxylic acids is 1. The number of hydrogen-bond acceptors (Lipinski definition) is 4. The second-order valence-corrected chi connectivity index (χ2v) is 5.67. The number of fused-ring (bicyclic) bond motifs is 2. The van der Waals surface area contributed by atoms with Crippen LogP contribution in [0.1, 0.15) is 30.6 Å². The molecule has 0 bridgehead atoms. The number of nitrogens with zero attached hydrogens (tertiary/aromatic N) is 2. The van der Waals surface area contributed by atoms with E-state index >= 15 is 0 Å². The molecule has 1 saturated heterocycles. The molecule has 1 aromatic carbocycles. The lowest BCUT2D eigenvalue weighted by Crippen LogP contribution is -2.45. The van der Waals surface area contributed by atoms with Crippen LogP contribution in [0, 0.1) is 0 Å². The van der Waals surface area contributed by atoms with Crippen LogP contribution in [0.5, 0.6) is 11.5 Å². The minimum absolute atomic E-state index is 0.0115. The van der Waals surface area contributed by atoms with Gasteiger partial charge >= 0.3 is 0 Å². The van der Waals surface area contributed by atoms with Gasteiger partial charge in [-0.15, -0.1) is 0 Å². The zero-order valence-electron chi connectivity index (χ0n) is 12.4. The SMILES string of the molecule is C/C=C1/CN2C(=O)c3cc(OC)c(O)cc3N=C[C@]2(C)C1. The number of aromatic hydroxyl groups is 1. The van der Waals surface area contributed by atoms with Crippen LogP contribution < -0.4 is 4.74 Å². The highest BCUT2D eigenvalue weighted by molar-refractivity contribution is 6.04. The van der Waals surface area contributed by atoms with E-state index < -0.39 is 5.54 Å². The van der Waals surface area contributed by atoms with Gasteiger partial charge in [-0.1, -0.05) is 11.6 Å². The molecule has 0 spiro atoms. The summed E-state index contributed by atoms with van der Waals surface area (Å²) in [6.07, 6.45) is 4.65. The molecular weight excluding hydrogens is 268 g/mol. The number of rotatable bonds is 1. The zero-order valence-corrected chi connectivity index (χ0v) is 12.4. The maximum Gasteiger partial charge on any atom is 0.257 e. The van der Waals surface area contributed by atoms with E-state index in [1.165, 1.54) is 18.7 Å². The second-order valence-electron chi connectivity index (χ2n) is 5.67. The van der Waals surface area contributed by atoms with Crippen molar-refractivity contribution < 1.29 is 14.6 Å². The summed E-state index contributed by atoms with van der Waals surface area (Å²) in [5.41, 5.74) is 1.75. The van der Waals surface area contributed by atoms with Crippen molar-refractivity contribution in [3.63, 3.8) is 0 Å². The molecule has 1 atom stereocenters. The third kappa shape index (κ3) is 2.00. The summed E-state index contributed by atoms with van der Waals surface area (Å²) in [5.74, 6) is 0.189. The number of benzene rings is 1. The quantitative estimate of drug-likeness (QED) is 0.807. The molecule has 110 valence electrons. The maximum atomic E-state index is 12.8. The van der Waals surface area contributed by atoms with Gasteiger partial charge < -0.3 is 14.7 Å². The average molecular weight is 286 g/mol. The smallest absolute Gasteiger partial charge is 0.257 e. The summed E-state index contributed by atoms with van der Waals surface area (Å²) in [6, 6.07) is 3.04. The van der Waals surface area contributed by atoms with Crippen LogP contribution in [-0.2, 0) is 0 Å². The lowest BCUT2D eigenvalue weighted by atomic mass is 9.98. The van der Waals surface area contributed by atoms with Crippen LogP contribution in [0.4, 0.5) is 5.69 Å². The number of phenolic OH excluding ortho intramolecular Hbond substituents is 1. The highest BCUT2D eigenvalue weighted by atomic mass is 16.5. The molecule has 3 rings (SSSR count). The molecule has 1 N–H and O–H groups in total. The number of allylic oxidation sites excluding steroid dienone is 1. The predicted molar refractivity (Wildman–Crippen MR) is 80.6 cm³/mol. The second kappa shape index (κ2) is 4.62. The summed E-state index contributed by atoms with van der Waals surface area (Å²) in [6.45, 7) is 4.61. The molecule has 2 heterocycles. The van der Waals surface area contributed by atoms with Gasteiger partial charge in [-0.05, 0) is 26.3 Å². The molecule has 0 aromatic heterocycles. The van der Waals surface area contributed by atoms with Gasteiger partial charge in [0.15, 0.2) is 11.5 Å². The molecule has 0 unspecified atom stereocenters. The molecule has 5 nitrogen and oxygen atoms in total. The predicted octanol–water partition coefficient (Wildman–Crippen LogP) is 2.67. The van der Waals surface area contributed by atoms with Crippen molar-refractivity contribution in [3.05, 3.63) is 29.3 Å². The van der Waals surface area contributed by atoms with E-state index in [0.29, 0.717) is 17.8 Å². The molecule has 21 heavy (non-hydrogen) atoms. The third-order valence-electron chi connectivity index (χ3n) is 4.23. The monoisotopic (exact) mass is 286 g/mol. The van der Waals surface area contributed by atoms with Crippen molar-refractivity contribution in [1.82, 2.24) is 4.90 Å². The number of ether oxygens (including phenoxy) is 1. The molecule has 2 aliphatic heterocycles. The number of hydrogen-bond donors (Lipinski definition) is 1. The van der Waals surface area contributed by atoms with E-state index in [1.54, 1.807) is 12.3 Å². The fraction of sp³-hybridized carbons (Fsp3) is 0.375. The third-order valence-corrected chi connectivity index (χ3v) is 4.23. The van der Waals surface area contributed by atoms with E-state index in [-0.39, 0.29) is 17.4 Å².